The number of hydrogen-bond acceptors (Lipinski definition) is 2. The van der Waals surface area contributed by atoms with Crippen molar-refractivity contribution in [2.45, 2.75) is 19.4 Å². The number of imide groups is 1. The quantitative estimate of drug-likeness (QED) is 0.842. The Balaban J connectivity index is 2.36. The third-order valence-electron chi connectivity index (χ3n) is 2.59. The number of benzene rings is 1. The van der Waals surface area contributed by atoms with E-state index in [1.807, 2.05) is 6.92 Å². The molecule has 0 radical (unpaired) electrons. The molecule has 6 heteroatoms. The van der Waals surface area contributed by atoms with Gasteiger partial charge in [0.15, 0.2) is 0 Å². The molecule has 0 bridgehead atoms. The van der Waals surface area contributed by atoms with Gasteiger partial charge in [-0.05, 0) is 24.6 Å². The van der Waals surface area contributed by atoms with Crippen LogP contribution in [0, 0.1) is 0 Å². The maximum absolute atomic E-state index is 11.9. The molecule has 1 atom stereocenters. The normalized spacial score (nSPS) is 19.7. The van der Waals surface area contributed by atoms with Crippen LogP contribution in [0.2, 0.25) is 10.0 Å². The Kier molecular flexibility index (Phi) is 3.26. The van der Waals surface area contributed by atoms with Crippen LogP contribution in [-0.4, -0.2) is 18.0 Å². The van der Waals surface area contributed by atoms with Crippen LogP contribution < -0.4 is 10.2 Å². The van der Waals surface area contributed by atoms with Crippen molar-refractivity contribution in [2.75, 3.05) is 4.90 Å². The lowest BCUT2D eigenvalue weighted by Crippen LogP contribution is -2.31. The summed E-state index contributed by atoms with van der Waals surface area (Å²) in [6, 6.07) is 3.75. The summed E-state index contributed by atoms with van der Waals surface area (Å²) in [5, 5.41) is 3.29. The maximum atomic E-state index is 11.9. The summed E-state index contributed by atoms with van der Waals surface area (Å²) in [6.45, 7) is 1.83. The highest BCUT2D eigenvalue weighted by atomic mass is 35.5. The lowest BCUT2D eigenvalue weighted by Gasteiger charge is -2.13. The number of urea groups is 1. The van der Waals surface area contributed by atoms with E-state index in [2.05, 4.69) is 5.32 Å². The molecule has 0 unspecified atom stereocenters. The van der Waals surface area contributed by atoms with Gasteiger partial charge in [-0.3, -0.25) is 4.79 Å². The minimum absolute atomic E-state index is 0.268. The van der Waals surface area contributed by atoms with Gasteiger partial charge in [0.25, 0.3) is 5.91 Å². The average Bonchev–Trinajstić information content (AvgIpc) is 2.58. The Labute approximate surface area is 108 Å². The number of amides is 3. The summed E-state index contributed by atoms with van der Waals surface area (Å²) in [7, 11) is 0. The van der Waals surface area contributed by atoms with Crippen LogP contribution in [0.1, 0.15) is 13.3 Å². The third-order valence-corrected chi connectivity index (χ3v) is 3.33. The molecule has 1 aromatic rings. The Hall–Kier alpha value is -1.26. The van der Waals surface area contributed by atoms with Crippen molar-refractivity contribution in [1.82, 2.24) is 5.32 Å². The van der Waals surface area contributed by atoms with E-state index < -0.39 is 12.1 Å². The van der Waals surface area contributed by atoms with Gasteiger partial charge < -0.3 is 5.32 Å². The van der Waals surface area contributed by atoms with Crippen LogP contribution in [0.4, 0.5) is 10.5 Å². The van der Waals surface area contributed by atoms with Crippen molar-refractivity contribution in [3.63, 3.8) is 0 Å². The van der Waals surface area contributed by atoms with E-state index in [0.29, 0.717) is 22.2 Å². The molecule has 0 aliphatic carbocycles. The van der Waals surface area contributed by atoms with Crippen LogP contribution in [0.3, 0.4) is 0 Å². The number of halogens is 2. The van der Waals surface area contributed by atoms with E-state index in [9.17, 15) is 9.59 Å². The summed E-state index contributed by atoms with van der Waals surface area (Å²) in [5.74, 6) is -0.268. The number of anilines is 1. The molecule has 1 fully saturated rings. The van der Waals surface area contributed by atoms with Crippen LogP contribution >= 0.6 is 23.2 Å². The average molecular weight is 273 g/mol. The van der Waals surface area contributed by atoms with Gasteiger partial charge >= 0.3 is 6.03 Å². The fourth-order valence-electron chi connectivity index (χ4n) is 1.68. The van der Waals surface area contributed by atoms with Crippen LogP contribution in [0.15, 0.2) is 18.2 Å². The fourth-order valence-corrected chi connectivity index (χ4v) is 1.97. The van der Waals surface area contributed by atoms with Crippen molar-refractivity contribution < 1.29 is 9.59 Å². The van der Waals surface area contributed by atoms with Crippen LogP contribution in [0.5, 0.6) is 0 Å². The predicted molar refractivity (Wildman–Crippen MR) is 66.6 cm³/mol. The number of rotatable bonds is 2. The molecule has 1 aromatic carbocycles. The standard InChI is InChI=1S/C11H10Cl2N2O2/c1-2-9-10(16)15(11(17)14-9)6-3-4-7(12)8(13)5-6/h3-5,9H,2H2,1H3,(H,14,17)/t9-/m0/s1. The molecule has 0 saturated carbocycles. The van der Waals surface area contributed by atoms with E-state index >= 15 is 0 Å². The first kappa shape index (κ1) is 12.2. The molecule has 1 saturated heterocycles. The molecule has 2 rings (SSSR count). The van der Waals surface area contributed by atoms with E-state index in [4.69, 9.17) is 23.2 Å². The molecule has 17 heavy (non-hydrogen) atoms. The molecule has 0 aromatic heterocycles. The van der Waals surface area contributed by atoms with E-state index in [-0.39, 0.29) is 5.91 Å². The number of hydrogen-bond donors (Lipinski definition) is 1. The second kappa shape index (κ2) is 4.55. The van der Waals surface area contributed by atoms with Gasteiger partial charge in [0, 0.05) is 0 Å². The van der Waals surface area contributed by atoms with Crippen molar-refractivity contribution in [2.24, 2.45) is 0 Å². The zero-order valence-electron chi connectivity index (χ0n) is 9.04. The molecule has 1 N–H and O–H groups in total. The van der Waals surface area contributed by atoms with E-state index in [1.54, 1.807) is 12.1 Å². The number of nitrogens with one attached hydrogen (secondary N) is 1. The second-order valence-corrected chi connectivity index (χ2v) is 4.50. The molecular weight excluding hydrogens is 263 g/mol. The number of carbonyl (C=O) groups is 2. The fraction of sp³-hybridized carbons (Fsp3) is 0.273. The molecule has 1 aliphatic heterocycles. The third kappa shape index (κ3) is 2.10. The van der Waals surface area contributed by atoms with Gasteiger partial charge in [-0.15, -0.1) is 0 Å². The number of carbonyl (C=O) groups excluding carboxylic acids is 2. The zero-order valence-corrected chi connectivity index (χ0v) is 10.5. The predicted octanol–water partition coefficient (Wildman–Crippen LogP) is 2.83. The van der Waals surface area contributed by atoms with Gasteiger partial charge in [0.05, 0.1) is 15.7 Å². The van der Waals surface area contributed by atoms with E-state index in [0.717, 1.165) is 4.90 Å². The summed E-state index contributed by atoms with van der Waals surface area (Å²) in [4.78, 5) is 24.7. The Morgan fingerprint density at radius 2 is 2.00 bits per heavy atom. The minimum Gasteiger partial charge on any atom is -0.325 e. The lowest BCUT2D eigenvalue weighted by molar-refractivity contribution is -0.118. The highest BCUT2D eigenvalue weighted by Crippen LogP contribution is 2.29. The van der Waals surface area contributed by atoms with Gasteiger partial charge in [-0.2, -0.15) is 0 Å². The Morgan fingerprint density at radius 1 is 1.29 bits per heavy atom. The maximum Gasteiger partial charge on any atom is 0.329 e. The topological polar surface area (TPSA) is 49.4 Å². The van der Waals surface area contributed by atoms with Crippen molar-refractivity contribution in [3.05, 3.63) is 28.2 Å². The van der Waals surface area contributed by atoms with Gasteiger partial charge in [-0.25, -0.2) is 9.69 Å². The van der Waals surface area contributed by atoms with Gasteiger partial charge in [0.1, 0.15) is 6.04 Å². The Morgan fingerprint density at radius 3 is 2.53 bits per heavy atom. The summed E-state index contributed by atoms with van der Waals surface area (Å²) >= 11 is 11.6. The first-order valence-electron chi connectivity index (χ1n) is 5.14. The molecule has 90 valence electrons. The molecule has 1 heterocycles. The van der Waals surface area contributed by atoms with Gasteiger partial charge in [-0.1, -0.05) is 30.1 Å². The van der Waals surface area contributed by atoms with Gasteiger partial charge in [0.2, 0.25) is 0 Å². The largest absolute Gasteiger partial charge is 0.329 e. The first-order valence-corrected chi connectivity index (χ1v) is 5.89. The summed E-state index contributed by atoms with van der Waals surface area (Å²) < 4.78 is 0. The molecular formula is C11H10Cl2N2O2. The molecule has 1 aliphatic rings. The Bertz CT molecular complexity index is 490. The SMILES string of the molecule is CC[C@@H]1NC(=O)N(c2ccc(Cl)c(Cl)c2)C1=O. The monoisotopic (exact) mass is 272 g/mol. The van der Waals surface area contributed by atoms with Crippen molar-refractivity contribution in [3.8, 4) is 0 Å². The summed E-state index contributed by atoms with van der Waals surface area (Å²) in [6.07, 6.45) is 0.558. The van der Waals surface area contributed by atoms with E-state index in [1.165, 1.54) is 6.07 Å². The van der Waals surface area contributed by atoms with Crippen molar-refractivity contribution >= 4 is 40.8 Å². The lowest BCUT2D eigenvalue weighted by atomic mass is 10.2. The van der Waals surface area contributed by atoms with Crippen LogP contribution in [-0.2, 0) is 4.79 Å². The molecule has 0 spiro atoms. The smallest absolute Gasteiger partial charge is 0.325 e. The molecule has 4 nitrogen and oxygen atoms in total. The minimum atomic E-state index is -0.461. The number of nitrogens with zero attached hydrogens (tertiary/aromatic N) is 1. The first-order chi connectivity index (χ1) is 8.04. The molecule has 3 amide bonds. The highest BCUT2D eigenvalue weighted by Gasteiger charge is 2.37. The zero-order chi connectivity index (χ0) is 12.6. The second-order valence-electron chi connectivity index (χ2n) is 3.68. The van der Waals surface area contributed by atoms with Crippen LogP contribution in [0.25, 0.3) is 0 Å². The summed E-state index contributed by atoms with van der Waals surface area (Å²) in [5.41, 5.74) is 0.429. The van der Waals surface area contributed by atoms with Crippen molar-refractivity contribution in [1.29, 1.82) is 0 Å². The highest BCUT2D eigenvalue weighted by molar-refractivity contribution is 6.42.